The number of hydrogen-bond acceptors (Lipinski definition) is 5. The van der Waals surface area contributed by atoms with Crippen LogP contribution in [0.5, 0.6) is 5.75 Å². The van der Waals surface area contributed by atoms with Crippen LogP contribution in [0.1, 0.15) is 56.1 Å². The molecule has 1 atom stereocenters. The molecule has 2 heterocycles. The summed E-state index contributed by atoms with van der Waals surface area (Å²) in [5, 5.41) is 13.4. The third-order valence-corrected chi connectivity index (χ3v) is 6.97. The van der Waals surface area contributed by atoms with E-state index in [1.54, 1.807) is 37.7 Å². The number of fused-ring (bicyclic) bond motifs is 1. The molecule has 0 amide bonds. The number of halogens is 2. The first-order valence-corrected chi connectivity index (χ1v) is 13.8. The maximum absolute atomic E-state index is 13.7. The molecule has 0 radical (unpaired) electrons. The number of pyridine rings is 1. The Morgan fingerprint density at radius 3 is 2.45 bits per heavy atom. The summed E-state index contributed by atoms with van der Waals surface area (Å²) in [7, 11) is 3.48. The highest BCUT2D eigenvalue weighted by atomic mass is 19.1. The molecular weight excluding hydrogens is 536 g/mol. The van der Waals surface area contributed by atoms with Crippen LogP contribution in [0.4, 0.5) is 8.78 Å². The number of benzene rings is 2. The molecule has 0 fully saturated rings. The van der Waals surface area contributed by atoms with Crippen LogP contribution < -0.4 is 5.32 Å². The van der Waals surface area contributed by atoms with Crippen LogP contribution in [0.3, 0.4) is 0 Å². The van der Waals surface area contributed by atoms with Gasteiger partial charge in [-0.3, -0.25) is 4.98 Å². The summed E-state index contributed by atoms with van der Waals surface area (Å²) in [6.45, 7) is 8.26. The van der Waals surface area contributed by atoms with E-state index in [2.05, 4.69) is 36.1 Å². The van der Waals surface area contributed by atoms with Gasteiger partial charge in [-0.05, 0) is 98.0 Å². The highest BCUT2D eigenvalue weighted by Gasteiger charge is 2.21. The largest absolute Gasteiger partial charge is 0.508 e. The van der Waals surface area contributed by atoms with Gasteiger partial charge in [-0.2, -0.15) is 0 Å². The number of ether oxygens (including phenoxy) is 1. The Balaban J connectivity index is 0.000000307. The first kappa shape index (κ1) is 32.2. The second kappa shape index (κ2) is 15.1. The molecule has 2 aromatic carbocycles. The number of phenolic OH excluding ortho intramolecular Hbond substituents is 1. The number of nitrogens with one attached hydrogen (secondary N) is 2. The van der Waals surface area contributed by atoms with Crippen LogP contribution in [0.15, 0.2) is 78.3 Å². The van der Waals surface area contributed by atoms with Gasteiger partial charge in [-0.25, -0.2) is 8.78 Å². The smallest absolute Gasteiger partial charge is 0.126 e. The first-order chi connectivity index (χ1) is 20.1. The number of aromatic amines is 1. The minimum absolute atomic E-state index is 0.193. The number of aromatic nitrogens is 2. The molecule has 6 nitrogen and oxygen atoms in total. The van der Waals surface area contributed by atoms with Gasteiger partial charge in [-0.1, -0.05) is 19.9 Å². The van der Waals surface area contributed by atoms with Gasteiger partial charge in [0.1, 0.15) is 23.7 Å². The van der Waals surface area contributed by atoms with Crippen molar-refractivity contribution in [3.63, 3.8) is 0 Å². The standard InChI is InChI=1S/C24H30F2N2O.C10H9NO2/c1-15(2)23(16(3)10-17(4)29-6)21-8-7-9-28-24(21)22(27-5)13-18-11-19(25)14-20(26)12-18;12-4-3-7-6-11-10-2-1-8(13)5-9(7)10/h7-12,14-15,22,27H,13H2,1-6H3;1-2,4-6,11,13H,3H2/b17-10+,23-16+;. The molecule has 1 unspecified atom stereocenters. The Bertz CT molecular complexity index is 1550. The van der Waals surface area contributed by atoms with Gasteiger partial charge in [0.25, 0.3) is 0 Å². The average Bonchev–Trinajstić information content (AvgIpc) is 3.33. The molecule has 0 saturated carbocycles. The number of allylic oxidation sites excluding steroid dienone is 4. The Hall–Kier alpha value is -4.30. The number of aldehydes is 1. The van der Waals surface area contributed by atoms with Gasteiger partial charge in [0.05, 0.1) is 24.6 Å². The number of aromatic hydroxyl groups is 1. The lowest BCUT2D eigenvalue weighted by Crippen LogP contribution is -2.22. The van der Waals surface area contributed by atoms with Crippen molar-refractivity contribution in [1.29, 1.82) is 0 Å². The Kier molecular flexibility index (Phi) is 11.6. The SMILES string of the molecule is CNC(Cc1cc(F)cc(F)c1)c1ncccc1/C(=C(C)/C=C(\C)OC)C(C)C.O=CCc1c[nH]c2ccc(O)cc12. The fourth-order valence-electron chi connectivity index (χ4n) is 5.07. The number of methoxy groups -OCH3 is 1. The Labute approximate surface area is 246 Å². The average molecular weight is 576 g/mol. The van der Waals surface area contributed by atoms with Gasteiger partial charge in [0.15, 0.2) is 0 Å². The van der Waals surface area contributed by atoms with E-state index in [9.17, 15) is 18.7 Å². The molecule has 3 N–H and O–H groups in total. The summed E-state index contributed by atoms with van der Waals surface area (Å²) < 4.78 is 32.6. The molecule has 4 rings (SSSR count). The van der Waals surface area contributed by atoms with E-state index < -0.39 is 11.6 Å². The zero-order valence-electron chi connectivity index (χ0n) is 25.0. The zero-order valence-corrected chi connectivity index (χ0v) is 25.0. The van der Waals surface area contributed by atoms with Crippen LogP contribution in [-0.2, 0) is 22.4 Å². The van der Waals surface area contributed by atoms with E-state index in [0.717, 1.165) is 57.0 Å². The summed E-state index contributed by atoms with van der Waals surface area (Å²) in [4.78, 5) is 18.0. The Morgan fingerprint density at radius 2 is 1.83 bits per heavy atom. The predicted octanol–water partition coefficient (Wildman–Crippen LogP) is 7.46. The normalized spacial score (nSPS) is 12.9. The molecule has 0 saturated heterocycles. The minimum Gasteiger partial charge on any atom is -0.508 e. The van der Waals surface area contributed by atoms with E-state index in [1.807, 2.05) is 32.2 Å². The molecule has 222 valence electrons. The van der Waals surface area contributed by atoms with Crippen molar-refractivity contribution in [2.45, 2.75) is 46.6 Å². The van der Waals surface area contributed by atoms with Crippen molar-refractivity contribution < 1.29 is 23.4 Å². The van der Waals surface area contributed by atoms with Crippen molar-refractivity contribution in [2.24, 2.45) is 5.92 Å². The van der Waals surface area contributed by atoms with E-state index in [-0.39, 0.29) is 17.7 Å². The number of carbonyl (C=O) groups excluding carboxylic acids is 1. The number of rotatable bonds is 10. The second-order valence-electron chi connectivity index (χ2n) is 10.4. The summed E-state index contributed by atoms with van der Waals surface area (Å²) in [5.41, 5.74) is 6.58. The molecule has 4 aromatic rings. The first-order valence-electron chi connectivity index (χ1n) is 13.8. The number of likely N-dealkylation sites (N-methyl/N-ethyl adjacent to an activating group) is 1. The quantitative estimate of drug-likeness (QED) is 0.104. The maximum atomic E-state index is 13.7. The second-order valence-corrected chi connectivity index (χ2v) is 10.4. The van der Waals surface area contributed by atoms with E-state index in [1.165, 1.54) is 12.1 Å². The summed E-state index contributed by atoms with van der Waals surface area (Å²) in [6, 6.07) is 12.5. The molecule has 42 heavy (non-hydrogen) atoms. The van der Waals surface area contributed by atoms with Crippen molar-refractivity contribution in [2.75, 3.05) is 14.2 Å². The molecule has 0 bridgehead atoms. The van der Waals surface area contributed by atoms with Gasteiger partial charge in [-0.15, -0.1) is 0 Å². The fourth-order valence-corrected chi connectivity index (χ4v) is 5.07. The predicted molar refractivity (Wildman–Crippen MR) is 164 cm³/mol. The van der Waals surface area contributed by atoms with Gasteiger partial charge in [0, 0.05) is 41.3 Å². The lowest BCUT2D eigenvalue weighted by atomic mass is 9.87. The van der Waals surface area contributed by atoms with Gasteiger partial charge in [0.2, 0.25) is 0 Å². The van der Waals surface area contributed by atoms with Crippen LogP contribution >= 0.6 is 0 Å². The highest BCUT2D eigenvalue weighted by Crippen LogP contribution is 2.33. The van der Waals surface area contributed by atoms with Crippen LogP contribution in [-0.4, -0.2) is 35.5 Å². The van der Waals surface area contributed by atoms with E-state index >= 15 is 0 Å². The van der Waals surface area contributed by atoms with Crippen molar-refractivity contribution >= 4 is 22.8 Å². The number of hydrogen-bond donors (Lipinski definition) is 3. The Morgan fingerprint density at radius 1 is 1.12 bits per heavy atom. The molecule has 0 aliphatic heterocycles. The van der Waals surface area contributed by atoms with Crippen molar-refractivity contribution in [3.8, 4) is 5.75 Å². The summed E-state index contributed by atoms with van der Waals surface area (Å²) in [6.07, 6.45) is 7.21. The van der Waals surface area contributed by atoms with Crippen LogP contribution in [0.2, 0.25) is 0 Å². The molecule has 0 aliphatic rings. The number of nitrogens with zero attached hydrogens (tertiary/aromatic N) is 1. The van der Waals surface area contributed by atoms with Gasteiger partial charge >= 0.3 is 0 Å². The van der Waals surface area contributed by atoms with Crippen molar-refractivity contribution in [1.82, 2.24) is 15.3 Å². The molecule has 8 heteroatoms. The highest BCUT2D eigenvalue weighted by molar-refractivity contribution is 5.86. The van der Waals surface area contributed by atoms with Crippen LogP contribution in [0, 0.1) is 17.6 Å². The molecule has 2 aromatic heterocycles. The van der Waals surface area contributed by atoms with Crippen molar-refractivity contribution in [3.05, 3.63) is 112 Å². The fraction of sp³-hybridized carbons (Fsp3) is 0.294. The van der Waals surface area contributed by atoms with Crippen LogP contribution in [0.25, 0.3) is 16.5 Å². The summed E-state index contributed by atoms with van der Waals surface area (Å²) >= 11 is 0. The number of H-pyrrole nitrogens is 1. The molecular formula is C34H39F2N3O3. The minimum atomic E-state index is -0.574. The monoisotopic (exact) mass is 575 g/mol. The molecule has 0 spiro atoms. The molecule has 0 aliphatic carbocycles. The summed E-state index contributed by atoms with van der Waals surface area (Å²) in [5.74, 6) is 0.151. The third-order valence-electron chi connectivity index (χ3n) is 6.97. The third kappa shape index (κ3) is 8.36. The maximum Gasteiger partial charge on any atom is 0.126 e. The number of phenols is 1. The number of carbonyl (C=O) groups is 1. The zero-order chi connectivity index (χ0) is 30.8. The van der Waals surface area contributed by atoms with E-state index in [4.69, 9.17) is 4.74 Å². The van der Waals surface area contributed by atoms with E-state index in [0.29, 0.717) is 18.4 Å². The lowest BCUT2D eigenvalue weighted by molar-refractivity contribution is -0.107. The van der Waals surface area contributed by atoms with Gasteiger partial charge < -0.3 is 24.9 Å². The topological polar surface area (TPSA) is 87.2 Å². The lowest BCUT2D eigenvalue weighted by Gasteiger charge is -2.23.